The van der Waals surface area contributed by atoms with Gasteiger partial charge in [-0.05, 0) is 12.8 Å². The lowest BCUT2D eigenvalue weighted by Gasteiger charge is -2.09. The zero-order valence-corrected chi connectivity index (χ0v) is 7.13. The summed E-state index contributed by atoms with van der Waals surface area (Å²) in [5, 5.41) is 0. The highest BCUT2D eigenvalue weighted by molar-refractivity contribution is 6.01. The predicted molar refractivity (Wildman–Crippen MR) is 47.3 cm³/mol. The average Bonchev–Trinajstić information content (AvgIpc) is 2.33. The molecule has 0 N–H and O–H groups in total. The van der Waals surface area contributed by atoms with E-state index in [-0.39, 0.29) is 5.91 Å². The Hall–Kier alpha value is -1.31. The molecule has 0 saturated heterocycles. The third-order valence-electron chi connectivity index (χ3n) is 2.45. The van der Waals surface area contributed by atoms with Crippen molar-refractivity contribution < 1.29 is 4.79 Å². The van der Waals surface area contributed by atoms with E-state index in [2.05, 4.69) is 12.7 Å². The zero-order valence-electron chi connectivity index (χ0n) is 7.13. The van der Waals surface area contributed by atoms with Gasteiger partial charge in [0.2, 0.25) is 0 Å². The molecule has 0 aromatic rings. The Bertz CT molecular complexity index is 323. The van der Waals surface area contributed by atoms with Gasteiger partial charge in [-0.2, -0.15) is 0 Å². The monoisotopic (exact) mass is 161 g/mol. The van der Waals surface area contributed by atoms with Gasteiger partial charge in [0.1, 0.15) is 0 Å². The second-order valence-corrected chi connectivity index (χ2v) is 3.14. The maximum absolute atomic E-state index is 11.5. The topological polar surface area (TPSA) is 20.3 Å². The SMILES string of the molecule is C=C1C2=C(CCC=C2)C(=O)N1C. The Morgan fingerprint density at radius 3 is 3.00 bits per heavy atom. The molecule has 2 rings (SSSR count). The molecule has 0 saturated carbocycles. The molecule has 0 aromatic carbocycles. The van der Waals surface area contributed by atoms with Gasteiger partial charge < -0.3 is 4.90 Å². The summed E-state index contributed by atoms with van der Waals surface area (Å²) < 4.78 is 0. The summed E-state index contributed by atoms with van der Waals surface area (Å²) in [7, 11) is 1.77. The molecule has 0 bridgehead atoms. The molecule has 1 amide bonds. The number of rotatable bonds is 0. The normalized spacial score (nSPS) is 22.2. The van der Waals surface area contributed by atoms with Crippen LogP contribution in [0.1, 0.15) is 12.8 Å². The van der Waals surface area contributed by atoms with Crippen LogP contribution in [0, 0.1) is 0 Å². The molecule has 2 nitrogen and oxygen atoms in total. The summed E-state index contributed by atoms with van der Waals surface area (Å²) in [6, 6.07) is 0. The molecule has 0 unspecified atom stereocenters. The van der Waals surface area contributed by atoms with Gasteiger partial charge in [-0.25, -0.2) is 0 Å². The molecular formula is C10H11NO. The van der Waals surface area contributed by atoms with Gasteiger partial charge in [0.25, 0.3) is 5.91 Å². The molecule has 1 aliphatic carbocycles. The summed E-state index contributed by atoms with van der Waals surface area (Å²) in [5.74, 6) is 0.124. The van der Waals surface area contributed by atoms with Crippen molar-refractivity contribution in [1.82, 2.24) is 4.90 Å². The minimum absolute atomic E-state index is 0.124. The standard InChI is InChI=1S/C10H11NO/c1-7-8-5-3-4-6-9(8)10(12)11(7)2/h3,5H,1,4,6H2,2H3. The highest BCUT2D eigenvalue weighted by Crippen LogP contribution is 2.33. The van der Waals surface area contributed by atoms with Crippen molar-refractivity contribution in [2.75, 3.05) is 7.05 Å². The van der Waals surface area contributed by atoms with Crippen molar-refractivity contribution in [1.29, 1.82) is 0 Å². The van der Waals surface area contributed by atoms with E-state index in [1.807, 2.05) is 6.08 Å². The third-order valence-corrected chi connectivity index (χ3v) is 2.45. The lowest BCUT2D eigenvalue weighted by atomic mass is 9.99. The fraction of sp³-hybridized carbons (Fsp3) is 0.300. The van der Waals surface area contributed by atoms with Crippen molar-refractivity contribution in [3.63, 3.8) is 0 Å². The predicted octanol–water partition coefficient (Wildman–Crippen LogP) is 1.62. The van der Waals surface area contributed by atoms with E-state index in [4.69, 9.17) is 0 Å². The molecular weight excluding hydrogens is 150 g/mol. The first-order chi connectivity index (χ1) is 5.72. The Balaban J connectivity index is 2.49. The van der Waals surface area contributed by atoms with Crippen LogP contribution in [0.3, 0.4) is 0 Å². The smallest absolute Gasteiger partial charge is 0.254 e. The molecule has 1 heterocycles. The van der Waals surface area contributed by atoms with Crippen molar-refractivity contribution >= 4 is 5.91 Å². The van der Waals surface area contributed by atoms with Crippen LogP contribution < -0.4 is 0 Å². The molecule has 2 heteroatoms. The summed E-state index contributed by atoms with van der Waals surface area (Å²) >= 11 is 0. The van der Waals surface area contributed by atoms with Gasteiger partial charge in [-0.15, -0.1) is 0 Å². The maximum atomic E-state index is 11.5. The van der Waals surface area contributed by atoms with Crippen LogP contribution in [0.4, 0.5) is 0 Å². The molecule has 1 aliphatic heterocycles. The second kappa shape index (κ2) is 2.34. The minimum atomic E-state index is 0.124. The molecule has 62 valence electrons. The molecule has 2 aliphatic rings. The van der Waals surface area contributed by atoms with Crippen LogP contribution in [0.25, 0.3) is 0 Å². The molecule has 0 radical (unpaired) electrons. The lowest BCUT2D eigenvalue weighted by Crippen LogP contribution is -2.19. The van der Waals surface area contributed by atoms with E-state index in [1.54, 1.807) is 11.9 Å². The summed E-state index contributed by atoms with van der Waals surface area (Å²) in [6.45, 7) is 3.87. The number of carbonyl (C=O) groups excluding carboxylic acids is 1. The first-order valence-electron chi connectivity index (χ1n) is 4.09. The van der Waals surface area contributed by atoms with E-state index < -0.39 is 0 Å². The van der Waals surface area contributed by atoms with Crippen molar-refractivity contribution in [3.8, 4) is 0 Å². The molecule has 0 aromatic heterocycles. The first kappa shape index (κ1) is 7.35. The van der Waals surface area contributed by atoms with E-state index >= 15 is 0 Å². The summed E-state index contributed by atoms with van der Waals surface area (Å²) in [4.78, 5) is 13.1. The van der Waals surface area contributed by atoms with Gasteiger partial charge in [-0.1, -0.05) is 18.7 Å². The van der Waals surface area contributed by atoms with Crippen LogP contribution in [-0.4, -0.2) is 17.9 Å². The quantitative estimate of drug-likeness (QED) is 0.528. The summed E-state index contributed by atoms with van der Waals surface area (Å²) in [6.07, 6.45) is 5.94. The molecule has 0 atom stereocenters. The maximum Gasteiger partial charge on any atom is 0.254 e. The number of allylic oxidation sites excluding steroid dienone is 2. The van der Waals surface area contributed by atoms with Crippen molar-refractivity contribution in [3.05, 3.63) is 35.6 Å². The second-order valence-electron chi connectivity index (χ2n) is 3.14. The van der Waals surface area contributed by atoms with Crippen molar-refractivity contribution in [2.45, 2.75) is 12.8 Å². The number of carbonyl (C=O) groups is 1. The molecule has 0 fully saturated rings. The van der Waals surface area contributed by atoms with Crippen LogP contribution in [0.5, 0.6) is 0 Å². The van der Waals surface area contributed by atoms with E-state index in [0.717, 1.165) is 29.7 Å². The van der Waals surface area contributed by atoms with Crippen LogP contribution >= 0.6 is 0 Å². The van der Waals surface area contributed by atoms with E-state index in [1.165, 1.54) is 0 Å². The van der Waals surface area contributed by atoms with Gasteiger partial charge in [-0.3, -0.25) is 4.79 Å². The zero-order chi connectivity index (χ0) is 8.72. The number of amides is 1. The summed E-state index contributed by atoms with van der Waals surface area (Å²) in [5.41, 5.74) is 2.81. The van der Waals surface area contributed by atoms with Gasteiger partial charge in [0.05, 0.1) is 0 Å². The average molecular weight is 161 g/mol. The fourth-order valence-electron chi connectivity index (χ4n) is 1.66. The molecule has 12 heavy (non-hydrogen) atoms. The Morgan fingerprint density at radius 2 is 2.33 bits per heavy atom. The van der Waals surface area contributed by atoms with Gasteiger partial charge in [0, 0.05) is 23.9 Å². The Kier molecular flexibility index (Phi) is 1.43. The Morgan fingerprint density at radius 1 is 1.58 bits per heavy atom. The van der Waals surface area contributed by atoms with Crippen LogP contribution in [-0.2, 0) is 4.79 Å². The molecule has 0 spiro atoms. The number of hydrogen-bond acceptors (Lipinski definition) is 1. The largest absolute Gasteiger partial charge is 0.312 e. The third kappa shape index (κ3) is 0.779. The fourth-order valence-corrected chi connectivity index (χ4v) is 1.66. The first-order valence-corrected chi connectivity index (χ1v) is 4.09. The lowest BCUT2D eigenvalue weighted by molar-refractivity contribution is -0.123. The van der Waals surface area contributed by atoms with E-state index in [9.17, 15) is 4.79 Å². The highest BCUT2D eigenvalue weighted by atomic mass is 16.2. The number of likely N-dealkylation sites (N-methyl/N-ethyl adjacent to an activating group) is 1. The highest BCUT2D eigenvalue weighted by Gasteiger charge is 2.30. The van der Waals surface area contributed by atoms with Gasteiger partial charge >= 0.3 is 0 Å². The van der Waals surface area contributed by atoms with Gasteiger partial charge in [0.15, 0.2) is 0 Å². The van der Waals surface area contributed by atoms with Crippen LogP contribution in [0.2, 0.25) is 0 Å². The van der Waals surface area contributed by atoms with Crippen molar-refractivity contribution in [2.24, 2.45) is 0 Å². The van der Waals surface area contributed by atoms with Crippen LogP contribution in [0.15, 0.2) is 35.6 Å². The Labute approximate surface area is 71.9 Å². The number of hydrogen-bond donors (Lipinski definition) is 0. The number of nitrogens with zero attached hydrogens (tertiary/aromatic N) is 1. The van der Waals surface area contributed by atoms with E-state index in [0.29, 0.717) is 0 Å². The minimum Gasteiger partial charge on any atom is -0.312 e.